The van der Waals surface area contributed by atoms with Crippen molar-refractivity contribution in [3.05, 3.63) is 71.9 Å². The van der Waals surface area contributed by atoms with Gasteiger partial charge < -0.3 is 15.0 Å². The lowest BCUT2D eigenvalue weighted by molar-refractivity contribution is 0.0787. The lowest BCUT2D eigenvalue weighted by atomic mass is 10.2. The molecule has 4 rings (SSSR count). The monoisotopic (exact) mass is 388 g/mol. The van der Waals surface area contributed by atoms with Gasteiger partial charge in [-0.2, -0.15) is 0 Å². The Morgan fingerprint density at radius 3 is 2.52 bits per heavy atom. The molecule has 0 unspecified atom stereocenters. The standard InChI is InChI=1S/C23H24N4O2/c1-29-20-12-6-5-11-18(20)16-24-21-15-19(23(28)27-13-7-8-14-27)25-22(26-21)17-9-3-2-4-10-17/h2-6,9-12,15H,7-8,13-14,16H2,1H3,(H,24,25,26). The Kier molecular flexibility index (Phi) is 5.70. The number of hydrogen-bond donors (Lipinski definition) is 1. The zero-order chi connectivity index (χ0) is 20.1. The molecule has 148 valence electrons. The summed E-state index contributed by atoms with van der Waals surface area (Å²) in [4.78, 5) is 24.0. The number of aromatic nitrogens is 2. The van der Waals surface area contributed by atoms with Gasteiger partial charge in [0.05, 0.1) is 7.11 Å². The van der Waals surface area contributed by atoms with E-state index in [-0.39, 0.29) is 5.91 Å². The topological polar surface area (TPSA) is 67.3 Å². The Balaban J connectivity index is 1.65. The lowest BCUT2D eigenvalue weighted by Gasteiger charge is -2.16. The van der Waals surface area contributed by atoms with Crippen LogP contribution in [0.1, 0.15) is 28.9 Å². The molecular weight excluding hydrogens is 364 g/mol. The molecule has 6 nitrogen and oxygen atoms in total. The number of amides is 1. The first-order chi connectivity index (χ1) is 14.2. The van der Waals surface area contributed by atoms with Crippen LogP contribution in [0.2, 0.25) is 0 Å². The van der Waals surface area contributed by atoms with E-state index >= 15 is 0 Å². The van der Waals surface area contributed by atoms with Crippen molar-refractivity contribution in [2.45, 2.75) is 19.4 Å². The maximum atomic E-state index is 12.9. The van der Waals surface area contributed by atoms with Crippen LogP contribution in [-0.4, -0.2) is 41.0 Å². The average Bonchev–Trinajstić information content (AvgIpc) is 3.33. The first kappa shape index (κ1) is 18.9. The number of carbonyl (C=O) groups excluding carboxylic acids is 1. The smallest absolute Gasteiger partial charge is 0.272 e. The van der Waals surface area contributed by atoms with Crippen LogP contribution in [0.4, 0.5) is 5.82 Å². The molecule has 29 heavy (non-hydrogen) atoms. The number of rotatable bonds is 6. The van der Waals surface area contributed by atoms with Gasteiger partial charge in [0.2, 0.25) is 0 Å². The molecule has 1 fully saturated rings. The molecule has 0 bridgehead atoms. The lowest BCUT2D eigenvalue weighted by Crippen LogP contribution is -2.28. The van der Waals surface area contributed by atoms with Crippen LogP contribution in [-0.2, 0) is 6.54 Å². The van der Waals surface area contributed by atoms with Gasteiger partial charge in [0.1, 0.15) is 17.3 Å². The summed E-state index contributed by atoms with van der Waals surface area (Å²) in [6, 6.07) is 19.3. The second-order valence-electron chi connectivity index (χ2n) is 6.99. The fourth-order valence-electron chi connectivity index (χ4n) is 3.48. The zero-order valence-electron chi connectivity index (χ0n) is 16.5. The van der Waals surface area contributed by atoms with Crippen LogP contribution in [0, 0.1) is 0 Å². The summed E-state index contributed by atoms with van der Waals surface area (Å²) < 4.78 is 5.42. The predicted molar refractivity (Wildman–Crippen MR) is 113 cm³/mol. The number of ether oxygens (including phenoxy) is 1. The van der Waals surface area contributed by atoms with E-state index in [4.69, 9.17) is 4.74 Å². The van der Waals surface area contributed by atoms with Crippen molar-refractivity contribution in [3.63, 3.8) is 0 Å². The number of methoxy groups -OCH3 is 1. The van der Waals surface area contributed by atoms with Gasteiger partial charge in [-0.25, -0.2) is 9.97 Å². The highest BCUT2D eigenvalue weighted by Gasteiger charge is 2.22. The van der Waals surface area contributed by atoms with Crippen molar-refractivity contribution in [1.82, 2.24) is 14.9 Å². The molecule has 6 heteroatoms. The summed E-state index contributed by atoms with van der Waals surface area (Å²) in [5.41, 5.74) is 2.31. The van der Waals surface area contributed by atoms with Gasteiger partial charge >= 0.3 is 0 Å². The van der Waals surface area contributed by atoms with E-state index in [9.17, 15) is 4.79 Å². The summed E-state index contributed by atoms with van der Waals surface area (Å²) in [6.07, 6.45) is 2.09. The van der Waals surface area contributed by atoms with Crippen molar-refractivity contribution >= 4 is 11.7 Å². The second-order valence-corrected chi connectivity index (χ2v) is 6.99. The number of hydrogen-bond acceptors (Lipinski definition) is 5. The Hall–Kier alpha value is -3.41. The number of nitrogens with one attached hydrogen (secondary N) is 1. The number of carbonyl (C=O) groups is 1. The van der Waals surface area contributed by atoms with Gasteiger partial charge in [-0.05, 0) is 18.9 Å². The number of likely N-dealkylation sites (tertiary alicyclic amines) is 1. The predicted octanol–water partition coefficient (Wildman–Crippen LogP) is 4.00. The fourth-order valence-corrected chi connectivity index (χ4v) is 3.48. The first-order valence-corrected chi connectivity index (χ1v) is 9.84. The first-order valence-electron chi connectivity index (χ1n) is 9.84. The van der Waals surface area contributed by atoms with E-state index in [1.807, 2.05) is 59.5 Å². The van der Waals surface area contributed by atoms with Crippen LogP contribution in [0.15, 0.2) is 60.7 Å². The summed E-state index contributed by atoms with van der Waals surface area (Å²) in [5, 5.41) is 3.33. The van der Waals surface area contributed by atoms with Gasteiger partial charge in [-0.1, -0.05) is 48.5 Å². The van der Waals surface area contributed by atoms with E-state index in [1.54, 1.807) is 13.2 Å². The summed E-state index contributed by atoms with van der Waals surface area (Å²) in [7, 11) is 1.66. The molecule has 1 aromatic heterocycles. The Morgan fingerprint density at radius 2 is 1.76 bits per heavy atom. The number of nitrogens with zero attached hydrogens (tertiary/aromatic N) is 3. The number of para-hydroxylation sites is 1. The quantitative estimate of drug-likeness (QED) is 0.691. The number of anilines is 1. The van der Waals surface area contributed by atoms with Crippen molar-refractivity contribution in [2.75, 3.05) is 25.5 Å². The second kappa shape index (κ2) is 8.73. The molecule has 0 aliphatic carbocycles. The molecule has 1 saturated heterocycles. The third-order valence-electron chi connectivity index (χ3n) is 5.02. The van der Waals surface area contributed by atoms with Gasteiger partial charge in [0.25, 0.3) is 5.91 Å². The van der Waals surface area contributed by atoms with Gasteiger partial charge in [-0.15, -0.1) is 0 Å². The van der Waals surface area contributed by atoms with Crippen molar-refractivity contribution in [1.29, 1.82) is 0 Å². The maximum Gasteiger partial charge on any atom is 0.272 e. The highest BCUT2D eigenvalue weighted by atomic mass is 16.5. The third kappa shape index (κ3) is 4.37. The molecule has 2 aromatic carbocycles. The molecule has 1 amide bonds. The van der Waals surface area contributed by atoms with Crippen LogP contribution < -0.4 is 10.1 Å². The summed E-state index contributed by atoms with van der Waals surface area (Å²) in [6.45, 7) is 2.10. The molecule has 1 aliphatic rings. The maximum absolute atomic E-state index is 12.9. The van der Waals surface area contributed by atoms with Gasteiger partial charge in [0.15, 0.2) is 5.82 Å². The number of benzene rings is 2. The minimum atomic E-state index is -0.0394. The zero-order valence-corrected chi connectivity index (χ0v) is 16.5. The fraction of sp³-hybridized carbons (Fsp3) is 0.261. The third-order valence-corrected chi connectivity index (χ3v) is 5.02. The minimum absolute atomic E-state index is 0.0394. The molecule has 0 saturated carbocycles. The van der Waals surface area contributed by atoms with Crippen LogP contribution in [0.3, 0.4) is 0 Å². The SMILES string of the molecule is COc1ccccc1CNc1cc(C(=O)N2CCCC2)nc(-c2ccccc2)n1. The normalized spacial score (nSPS) is 13.3. The summed E-state index contributed by atoms with van der Waals surface area (Å²) in [5.74, 6) is 1.93. The molecule has 1 aliphatic heterocycles. The molecule has 2 heterocycles. The van der Waals surface area contributed by atoms with Gasteiger partial charge in [-0.3, -0.25) is 4.79 Å². The molecule has 0 radical (unpaired) electrons. The van der Waals surface area contributed by atoms with Crippen LogP contribution in [0.5, 0.6) is 5.75 Å². The summed E-state index contributed by atoms with van der Waals surface area (Å²) >= 11 is 0. The van der Waals surface area contributed by atoms with E-state index < -0.39 is 0 Å². The molecule has 1 N–H and O–H groups in total. The molecule has 3 aromatic rings. The van der Waals surface area contributed by atoms with E-state index in [1.165, 1.54) is 0 Å². The van der Waals surface area contributed by atoms with Crippen molar-refractivity contribution in [2.24, 2.45) is 0 Å². The average molecular weight is 388 g/mol. The Bertz CT molecular complexity index is 985. The Labute approximate surface area is 170 Å². The molecule has 0 spiro atoms. The minimum Gasteiger partial charge on any atom is -0.496 e. The van der Waals surface area contributed by atoms with E-state index in [0.717, 1.165) is 42.8 Å². The van der Waals surface area contributed by atoms with E-state index in [2.05, 4.69) is 15.3 Å². The van der Waals surface area contributed by atoms with Crippen molar-refractivity contribution < 1.29 is 9.53 Å². The Morgan fingerprint density at radius 1 is 1.03 bits per heavy atom. The van der Waals surface area contributed by atoms with E-state index in [0.29, 0.717) is 23.9 Å². The van der Waals surface area contributed by atoms with Crippen molar-refractivity contribution in [3.8, 4) is 17.1 Å². The molecule has 0 atom stereocenters. The van der Waals surface area contributed by atoms with Crippen LogP contribution >= 0.6 is 0 Å². The largest absolute Gasteiger partial charge is 0.496 e. The highest BCUT2D eigenvalue weighted by molar-refractivity contribution is 5.93. The highest BCUT2D eigenvalue weighted by Crippen LogP contribution is 2.22. The van der Waals surface area contributed by atoms with Gasteiger partial charge in [0, 0.05) is 36.8 Å². The van der Waals surface area contributed by atoms with Crippen LogP contribution in [0.25, 0.3) is 11.4 Å². The molecular formula is C23H24N4O2.